The highest BCUT2D eigenvalue weighted by Gasteiger charge is 2.25. The Kier molecular flexibility index (Phi) is 4.49. The second kappa shape index (κ2) is 6.12. The predicted molar refractivity (Wildman–Crippen MR) is 67.9 cm³/mol. The molecule has 0 spiro atoms. The molecule has 1 unspecified atom stereocenters. The molecule has 1 aromatic rings. The Labute approximate surface area is 112 Å². The zero-order chi connectivity index (χ0) is 13.8. The average molecular weight is 268 g/mol. The Balaban J connectivity index is 1.97. The van der Waals surface area contributed by atoms with E-state index < -0.39 is 5.97 Å². The number of hydrogen-bond donors (Lipinski definition) is 0. The predicted octanol–water partition coefficient (Wildman–Crippen LogP) is 0.0346. The van der Waals surface area contributed by atoms with Gasteiger partial charge in [0.2, 0.25) is 0 Å². The van der Waals surface area contributed by atoms with E-state index in [1.54, 1.807) is 6.92 Å². The van der Waals surface area contributed by atoms with Gasteiger partial charge in [-0.05, 0) is 21.0 Å². The lowest BCUT2D eigenvalue weighted by Crippen LogP contribution is -2.50. The fourth-order valence-electron chi connectivity index (χ4n) is 2.15. The van der Waals surface area contributed by atoms with Crippen molar-refractivity contribution in [2.75, 3.05) is 40.3 Å². The lowest BCUT2D eigenvalue weighted by Gasteiger charge is -2.37. The smallest absolute Gasteiger partial charge is 0.397 e. The number of likely N-dealkylation sites (N-methyl/N-ethyl adjacent to an activating group) is 2. The van der Waals surface area contributed by atoms with Crippen LogP contribution >= 0.6 is 0 Å². The Morgan fingerprint density at radius 3 is 3.00 bits per heavy atom. The highest BCUT2D eigenvalue weighted by atomic mass is 16.6. The summed E-state index contributed by atoms with van der Waals surface area (Å²) in [6.45, 7) is 5.07. The summed E-state index contributed by atoms with van der Waals surface area (Å²) in [7, 11) is 4.18. The molecule has 1 aliphatic heterocycles. The summed E-state index contributed by atoms with van der Waals surface area (Å²) in [4.78, 5) is 20.1. The van der Waals surface area contributed by atoms with Gasteiger partial charge < -0.3 is 19.1 Å². The van der Waals surface area contributed by atoms with Crippen LogP contribution in [-0.2, 0) is 11.2 Å². The second-order valence-corrected chi connectivity index (χ2v) is 4.84. The van der Waals surface area contributed by atoms with Gasteiger partial charge in [0.15, 0.2) is 5.82 Å². The van der Waals surface area contributed by atoms with Crippen LogP contribution in [0, 0.1) is 0 Å². The maximum absolute atomic E-state index is 11.4. The molecule has 0 radical (unpaired) electrons. The molecule has 0 aromatic carbocycles. The van der Waals surface area contributed by atoms with Gasteiger partial charge in [0.25, 0.3) is 0 Å². The van der Waals surface area contributed by atoms with E-state index in [1.165, 1.54) is 0 Å². The van der Waals surface area contributed by atoms with E-state index in [4.69, 9.17) is 9.26 Å². The largest absolute Gasteiger partial charge is 0.459 e. The molecular weight excluding hydrogens is 248 g/mol. The normalized spacial score (nSPS) is 21.5. The molecule has 2 heterocycles. The molecule has 1 fully saturated rings. The molecule has 19 heavy (non-hydrogen) atoms. The molecule has 1 aromatic heterocycles. The van der Waals surface area contributed by atoms with Crippen molar-refractivity contribution in [1.82, 2.24) is 19.9 Å². The number of carbonyl (C=O) groups excluding carboxylic acids is 1. The standard InChI is InChI=1S/C12H20N4O3/c1-4-18-12(17)11-13-10(14-19-11)7-9-8-15(2)5-6-16(9)3/h9H,4-8H2,1-3H3. The summed E-state index contributed by atoms with van der Waals surface area (Å²) in [6.07, 6.45) is 0.670. The van der Waals surface area contributed by atoms with Crippen LogP contribution in [0.25, 0.3) is 0 Å². The van der Waals surface area contributed by atoms with E-state index >= 15 is 0 Å². The van der Waals surface area contributed by atoms with Gasteiger partial charge in [0, 0.05) is 32.1 Å². The fourth-order valence-corrected chi connectivity index (χ4v) is 2.15. The summed E-state index contributed by atoms with van der Waals surface area (Å²) < 4.78 is 9.73. The molecule has 0 saturated carbocycles. The minimum Gasteiger partial charge on any atom is -0.459 e. The first kappa shape index (κ1) is 14.0. The van der Waals surface area contributed by atoms with Crippen LogP contribution < -0.4 is 0 Å². The van der Waals surface area contributed by atoms with E-state index in [0.29, 0.717) is 24.9 Å². The Morgan fingerprint density at radius 2 is 2.26 bits per heavy atom. The highest BCUT2D eigenvalue weighted by Crippen LogP contribution is 2.11. The summed E-state index contributed by atoms with van der Waals surface area (Å²) in [5.74, 6) is -0.0748. The number of hydrogen-bond acceptors (Lipinski definition) is 7. The van der Waals surface area contributed by atoms with E-state index in [1.807, 2.05) is 0 Å². The molecular formula is C12H20N4O3. The number of rotatable bonds is 4. The van der Waals surface area contributed by atoms with Gasteiger partial charge in [-0.25, -0.2) is 4.79 Å². The molecule has 1 atom stereocenters. The van der Waals surface area contributed by atoms with Crippen molar-refractivity contribution in [1.29, 1.82) is 0 Å². The Bertz CT molecular complexity index is 434. The van der Waals surface area contributed by atoms with Crippen LogP contribution in [0.3, 0.4) is 0 Å². The number of esters is 1. The van der Waals surface area contributed by atoms with Gasteiger partial charge in [0.05, 0.1) is 6.61 Å². The molecule has 0 bridgehead atoms. The van der Waals surface area contributed by atoms with Crippen molar-refractivity contribution >= 4 is 5.97 Å². The highest BCUT2D eigenvalue weighted by molar-refractivity contribution is 5.83. The van der Waals surface area contributed by atoms with Gasteiger partial charge in [-0.2, -0.15) is 4.98 Å². The fraction of sp³-hybridized carbons (Fsp3) is 0.750. The number of carbonyl (C=O) groups is 1. The monoisotopic (exact) mass is 268 g/mol. The van der Waals surface area contributed by atoms with Crippen LogP contribution in [0.2, 0.25) is 0 Å². The Hall–Kier alpha value is -1.47. The summed E-state index contributed by atoms with van der Waals surface area (Å²) >= 11 is 0. The van der Waals surface area contributed by atoms with Crippen molar-refractivity contribution in [3.63, 3.8) is 0 Å². The lowest BCUT2D eigenvalue weighted by molar-refractivity contribution is 0.0470. The van der Waals surface area contributed by atoms with Crippen LogP contribution in [0.4, 0.5) is 0 Å². The van der Waals surface area contributed by atoms with Crippen molar-refractivity contribution in [2.24, 2.45) is 0 Å². The van der Waals surface area contributed by atoms with Crippen LogP contribution in [0.15, 0.2) is 4.52 Å². The Morgan fingerprint density at radius 1 is 1.47 bits per heavy atom. The van der Waals surface area contributed by atoms with Crippen molar-refractivity contribution < 1.29 is 14.1 Å². The van der Waals surface area contributed by atoms with Gasteiger partial charge in [-0.1, -0.05) is 5.16 Å². The van der Waals surface area contributed by atoms with E-state index in [2.05, 4.69) is 34.0 Å². The summed E-state index contributed by atoms with van der Waals surface area (Å²) in [5.41, 5.74) is 0. The molecule has 7 nitrogen and oxygen atoms in total. The summed E-state index contributed by atoms with van der Waals surface area (Å²) in [6, 6.07) is 0.339. The van der Waals surface area contributed by atoms with E-state index in [0.717, 1.165) is 19.6 Å². The molecule has 1 aliphatic rings. The summed E-state index contributed by atoms with van der Waals surface area (Å²) in [5, 5.41) is 3.84. The van der Waals surface area contributed by atoms with Gasteiger partial charge in [-0.3, -0.25) is 0 Å². The van der Waals surface area contributed by atoms with Gasteiger partial charge >= 0.3 is 11.9 Å². The van der Waals surface area contributed by atoms with E-state index in [-0.39, 0.29) is 5.89 Å². The van der Waals surface area contributed by atoms with Crippen LogP contribution in [0.5, 0.6) is 0 Å². The minimum absolute atomic E-state index is 0.0660. The molecule has 0 N–H and O–H groups in total. The lowest BCUT2D eigenvalue weighted by atomic mass is 10.1. The SMILES string of the molecule is CCOC(=O)c1nc(CC2CN(C)CCN2C)no1. The number of piperazine rings is 1. The maximum atomic E-state index is 11.4. The molecule has 2 rings (SSSR count). The second-order valence-electron chi connectivity index (χ2n) is 4.84. The van der Waals surface area contributed by atoms with Crippen LogP contribution in [-0.4, -0.2) is 72.3 Å². The third-order valence-electron chi connectivity index (χ3n) is 3.32. The molecule has 0 amide bonds. The first-order valence-electron chi connectivity index (χ1n) is 6.48. The number of ether oxygens (including phenoxy) is 1. The molecule has 106 valence electrons. The van der Waals surface area contributed by atoms with Gasteiger partial charge in [0.1, 0.15) is 0 Å². The maximum Gasteiger partial charge on any atom is 0.397 e. The zero-order valence-electron chi connectivity index (χ0n) is 11.6. The first-order valence-corrected chi connectivity index (χ1v) is 6.48. The minimum atomic E-state index is -0.560. The quantitative estimate of drug-likeness (QED) is 0.714. The molecule has 0 aliphatic carbocycles. The number of nitrogens with zero attached hydrogens (tertiary/aromatic N) is 4. The van der Waals surface area contributed by atoms with E-state index in [9.17, 15) is 4.79 Å². The molecule has 1 saturated heterocycles. The van der Waals surface area contributed by atoms with Crippen molar-refractivity contribution in [3.05, 3.63) is 11.7 Å². The van der Waals surface area contributed by atoms with Gasteiger partial charge in [-0.15, -0.1) is 0 Å². The zero-order valence-corrected chi connectivity index (χ0v) is 11.6. The first-order chi connectivity index (χ1) is 9.10. The van der Waals surface area contributed by atoms with Crippen LogP contribution in [0.1, 0.15) is 23.4 Å². The third-order valence-corrected chi connectivity index (χ3v) is 3.32. The average Bonchev–Trinajstić information content (AvgIpc) is 2.83. The topological polar surface area (TPSA) is 71.7 Å². The van der Waals surface area contributed by atoms with Crippen molar-refractivity contribution in [2.45, 2.75) is 19.4 Å². The molecule has 7 heteroatoms. The third kappa shape index (κ3) is 3.51. The number of aromatic nitrogens is 2. The van der Waals surface area contributed by atoms with Crippen molar-refractivity contribution in [3.8, 4) is 0 Å².